The molecule has 0 unspecified atom stereocenters. The van der Waals surface area contributed by atoms with Crippen LogP contribution in [0.3, 0.4) is 0 Å². The van der Waals surface area contributed by atoms with E-state index in [0.717, 1.165) is 16.5 Å². The number of nitrogens with two attached hydrogens (primary N) is 1. The van der Waals surface area contributed by atoms with E-state index < -0.39 is 10.0 Å². The maximum atomic E-state index is 12.2. The number of fused-ring (bicyclic) bond motifs is 1. The van der Waals surface area contributed by atoms with Gasteiger partial charge in [-0.25, -0.2) is 13.6 Å². The van der Waals surface area contributed by atoms with Gasteiger partial charge in [0.2, 0.25) is 15.9 Å². The average Bonchev–Trinajstić information content (AvgIpc) is 2.91. The van der Waals surface area contributed by atoms with Crippen LogP contribution in [0.15, 0.2) is 54.7 Å². The molecule has 0 atom stereocenters. The second-order valence-electron chi connectivity index (χ2n) is 5.59. The largest absolute Gasteiger partial charge is 0.361 e. The predicted octanol–water partition coefficient (Wildman–Crippen LogP) is 2.14. The van der Waals surface area contributed by atoms with Gasteiger partial charge >= 0.3 is 0 Å². The summed E-state index contributed by atoms with van der Waals surface area (Å²) in [6.07, 6.45) is 2.09. The number of hydrogen-bond donors (Lipinski definition) is 3. The molecule has 0 radical (unpaired) electrons. The minimum Gasteiger partial charge on any atom is -0.361 e. The quantitative estimate of drug-likeness (QED) is 0.661. The molecule has 6 nitrogen and oxygen atoms in total. The van der Waals surface area contributed by atoms with Crippen molar-refractivity contribution in [1.29, 1.82) is 0 Å². The molecule has 0 aliphatic heterocycles. The highest BCUT2D eigenvalue weighted by Crippen LogP contribution is 2.19. The molecule has 3 aromatic rings. The van der Waals surface area contributed by atoms with Gasteiger partial charge in [-0.15, -0.1) is 0 Å². The van der Waals surface area contributed by atoms with Gasteiger partial charge in [-0.2, -0.15) is 0 Å². The van der Waals surface area contributed by atoms with Gasteiger partial charge in [-0.3, -0.25) is 4.79 Å². The van der Waals surface area contributed by atoms with Crippen molar-refractivity contribution in [2.45, 2.75) is 12.2 Å². The highest BCUT2D eigenvalue weighted by Gasteiger charge is 2.09. The Morgan fingerprint density at radius 2 is 1.79 bits per heavy atom. The fraction of sp³-hybridized carbons (Fsp3) is 0.118. The zero-order chi connectivity index (χ0) is 17.2. The first-order valence-electron chi connectivity index (χ1n) is 7.35. The molecule has 0 saturated heterocycles. The maximum Gasteiger partial charge on any atom is 0.228 e. The lowest BCUT2D eigenvalue weighted by Gasteiger charge is -2.06. The number of carbonyl (C=O) groups excluding carboxylic acids is 1. The van der Waals surface area contributed by atoms with Crippen molar-refractivity contribution in [3.05, 3.63) is 65.9 Å². The third-order valence-corrected chi connectivity index (χ3v) is 4.37. The number of nitrogens with one attached hydrogen (secondary N) is 2. The molecule has 124 valence electrons. The lowest BCUT2D eigenvalue weighted by Crippen LogP contribution is -2.15. The van der Waals surface area contributed by atoms with E-state index in [2.05, 4.69) is 10.3 Å². The summed E-state index contributed by atoms with van der Waals surface area (Å²) in [4.78, 5) is 15.3. The van der Waals surface area contributed by atoms with Gasteiger partial charge in [0, 0.05) is 22.8 Å². The molecule has 0 fully saturated rings. The van der Waals surface area contributed by atoms with Crippen molar-refractivity contribution in [2.24, 2.45) is 5.14 Å². The first kappa shape index (κ1) is 16.2. The summed E-state index contributed by atoms with van der Waals surface area (Å²) in [5, 5.41) is 8.83. The summed E-state index contributed by atoms with van der Waals surface area (Å²) in [7, 11) is -3.56. The van der Waals surface area contributed by atoms with Crippen LogP contribution in [0.4, 0.5) is 5.69 Å². The number of carbonyl (C=O) groups is 1. The third kappa shape index (κ3) is 4.01. The second-order valence-corrected chi connectivity index (χ2v) is 7.20. The lowest BCUT2D eigenvalue weighted by molar-refractivity contribution is -0.115. The molecule has 0 aliphatic carbocycles. The molecular weight excluding hydrogens is 326 g/mol. The third-order valence-electron chi connectivity index (χ3n) is 3.63. The summed E-state index contributed by atoms with van der Waals surface area (Å²) in [6, 6.07) is 14.4. The fourth-order valence-corrected chi connectivity index (χ4v) is 3.23. The monoisotopic (exact) mass is 343 g/mol. The van der Waals surface area contributed by atoms with Crippen molar-refractivity contribution >= 4 is 32.5 Å². The number of rotatable bonds is 5. The standard InChI is InChI=1S/C17H17N3O3S/c18-24(22,23)11-12-5-7-14(8-6-12)20-17(21)9-13-10-19-16-4-2-1-3-15(13)16/h1-8,10,19H,9,11H2,(H,20,21)(H2,18,22,23). The van der Waals surface area contributed by atoms with Gasteiger partial charge in [0.05, 0.1) is 12.2 Å². The van der Waals surface area contributed by atoms with Crippen LogP contribution in [0, 0.1) is 0 Å². The van der Waals surface area contributed by atoms with E-state index in [9.17, 15) is 13.2 Å². The number of hydrogen-bond acceptors (Lipinski definition) is 3. The molecule has 0 bridgehead atoms. The molecule has 24 heavy (non-hydrogen) atoms. The average molecular weight is 343 g/mol. The smallest absolute Gasteiger partial charge is 0.228 e. The van der Waals surface area contributed by atoms with Gasteiger partial charge in [-0.05, 0) is 29.3 Å². The van der Waals surface area contributed by atoms with Gasteiger partial charge in [0.1, 0.15) is 0 Å². The Kier molecular flexibility index (Phi) is 4.37. The molecule has 7 heteroatoms. The van der Waals surface area contributed by atoms with Crippen molar-refractivity contribution in [2.75, 3.05) is 5.32 Å². The number of sulfonamides is 1. The number of primary sulfonamides is 1. The van der Waals surface area contributed by atoms with Crippen LogP contribution in [0.5, 0.6) is 0 Å². The zero-order valence-corrected chi connectivity index (χ0v) is 13.6. The lowest BCUT2D eigenvalue weighted by atomic mass is 10.1. The number of anilines is 1. The Morgan fingerprint density at radius 1 is 1.08 bits per heavy atom. The molecule has 3 rings (SSSR count). The first-order chi connectivity index (χ1) is 11.4. The number of amides is 1. The van der Waals surface area contributed by atoms with E-state index >= 15 is 0 Å². The van der Waals surface area contributed by atoms with Gasteiger partial charge in [0.25, 0.3) is 0 Å². The summed E-state index contributed by atoms with van der Waals surface area (Å²) < 4.78 is 22.1. The van der Waals surface area contributed by atoms with Gasteiger partial charge < -0.3 is 10.3 Å². The van der Waals surface area contributed by atoms with Crippen LogP contribution >= 0.6 is 0 Å². The number of H-pyrrole nitrogens is 1. The van der Waals surface area contributed by atoms with Crippen molar-refractivity contribution in [3.63, 3.8) is 0 Å². The van der Waals surface area contributed by atoms with Crippen molar-refractivity contribution in [1.82, 2.24) is 4.98 Å². The van der Waals surface area contributed by atoms with Gasteiger partial charge in [-0.1, -0.05) is 30.3 Å². The predicted molar refractivity (Wildman–Crippen MR) is 93.9 cm³/mol. The summed E-state index contributed by atoms with van der Waals surface area (Å²) >= 11 is 0. The number of aromatic nitrogens is 1. The van der Waals surface area contributed by atoms with Crippen LogP contribution < -0.4 is 10.5 Å². The molecule has 1 aromatic heterocycles. The van der Waals surface area contributed by atoms with E-state index in [-0.39, 0.29) is 18.1 Å². The SMILES string of the molecule is NS(=O)(=O)Cc1ccc(NC(=O)Cc2c[nH]c3ccccc23)cc1. The Balaban J connectivity index is 1.66. The number of benzene rings is 2. The van der Waals surface area contributed by atoms with Gasteiger partial charge in [0.15, 0.2) is 0 Å². The molecule has 0 saturated carbocycles. The fourth-order valence-electron chi connectivity index (χ4n) is 2.57. The first-order valence-corrected chi connectivity index (χ1v) is 9.06. The molecule has 0 aliphatic rings. The van der Waals surface area contributed by atoms with E-state index in [1.165, 1.54) is 0 Å². The topological polar surface area (TPSA) is 105 Å². The molecule has 1 heterocycles. The molecule has 1 amide bonds. The molecule has 0 spiro atoms. The summed E-state index contributed by atoms with van der Waals surface area (Å²) in [5.41, 5.74) is 3.10. The maximum absolute atomic E-state index is 12.2. The normalized spacial score (nSPS) is 11.5. The van der Waals surface area contributed by atoms with Crippen LogP contribution in [0.25, 0.3) is 10.9 Å². The Morgan fingerprint density at radius 3 is 2.50 bits per heavy atom. The molecule has 4 N–H and O–H groups in total. The minimum atomic E-state index is -3.56. The summed E-state index contributed by atoms with van der Waals surface area (Å²) in [5.74, 6) is -0.365. The summed E-state index contributed by atoms with van der Waals surface area (Å²) in [6.45, 7) is 0. The number of aromatic amines is 1. The highest BCUT2D eigenvalue weighted by molar-refractivity contribution is 7.88. The van der Waals surface area contributed by atoms with Crippen LogP contribution in [-0.4, -0.2) is 19.3 Å². The minimum absolute atomic E-state index is 0.140. The van der Waals surface area contributed by atoms with E-state index in [1.54, 1.807) is 24.3 Å². The van der Waals surface area contributed by atoms with E-state index in [0.29, 0.717) is 11.3 Å². The van der Waals surface area contributed by atoms with Crippen molar-refractivity contribution < 1.29 is 13.2 Å². The molecular formula is C17H17N3O3S. The van der Waals surface area contributed by atoms with E-state index in [4.69, 9.17) is 5.14 Å². The van der Waals surface area contributed by atoms with E-state index in [1.807, 2.05) is 30.5 Å². The zero-order valence-electron chi connectivity index (χ0n) is 12.8. The Labute approximate surface area is 139 Å². The van der Waals surface area contributed by atoms with Crippen LogP contribution in [0.2, 0.25) is 0 Å². The highest BCUT2D eigenvalue weighted by atomic mass is 32.2. The van der Waals surface area contributed by atoms with Crippen LogP contribution in [-0.2, 0) is 27.0 Å². The molecule has 2 aromatic carbocycles. The Hall–Kier alpha value is -2.64. The van der Waals surface area contributed by atoms with Crippen molar-refractivity contribution in [3.8, 4) is 0 Å². The second kappa shape index (κ2) is 6.46. The Bertz CT molecular complexity index is 976. The number of para-hydroxylation sites is 1. The van der Waals surface area contributed by atoms with Crippen LogP contribution in [0.1, 0.15) is 11.1 Å².